The molecule has 32 heavy (non-hydrogen) atoms. The van der Waals surface area contributed by atoms with E-state index >= 15 is 0 Å². The average molecular weight is 464 g/mol. The molecule has 1 fully saturated rings. The Morgan fingerprint density at radius 3 is 2.47 bits per heavy atom. The highest BCUT2D eigenvalue weighted by Crippen LogP contribution is 2.36. The van der Waals surface area contributed by atoms with Crippen LogP contribution in [-0.4, -0.2) is 25.1 Å². The molecule has 0 saturated heterocycles. The quantitative estimate of drug-likeness (QED) is 0.308. The first kappa shape index (κ1) is 21.3. The van der Waals surface area contributed by atoms with E-state index < -0.39 is 0 Å². The number of nitrogens with zero attached hydrogens (tertiary/aromatic N) is 5. The summed E-state index contributed by atoms with van der Waals surface area (Å²) in [5.41, 5.74) is 2.42. The topological polar surface area (TPSA) is 46.8 Å². The van der Waals surface area contributed by atoms with E-state index in [1.165, 1.54) is 23.3 Å². The molecule has 0 spiro atoms. The van der Waals surface area contributed by atoms with Gasteiger partial charge < -0.3 is 0 Å². The molecule has 0 aliphatic heterocycles. The highest BCUT2D eigenvalue weighted by molar-refractivity contribution is 7.09. The van der Waals surface area contributed by atoms with Gasteiger partial charge >= 0.3 is 0 Å². The molecule has 2 aromatic heterocycles. The minimum absolute atomic E-state index is 0.0785. The molecule has 1 aliphatic carbocycles. The van der Waals surface area contributed by atoms with Crippen molar-refractivity contribution < 1.29 is 0 Å². The van der Waals surface area contributed by atoms with Crippen LogP contribution < -0.4 is 0 Å². The van der Waals surface area contributed by atoms with Gasteiger partial charge in [-0.2, -0.15) is 0 Å². The smallest absolute Gasteiger partial charge is 0.173 e. The summed E-state index contributed by atoms with van der Waals surface area (Å²) in [4.78, 5) is 3.79. The van der Waals surface area contributed by atoms with Gasteiger partial charge in [0.15, 0.2) is 5.82 Å². The van der Waals surface area contributed by atoms with Crippen LogP contribution in [0.15, 0.2) is 72.1 Å². The number of rotatable bonds is 8. The Bertz CT molecular complexity index is 1100. The summed E-state index contributed by atoms with van der Waals surface area (Å²) >= 11 is 8.03. The lowest BCUT2D eigenvalue weighted by molar-refractivity contribution is 0.193. The van der Waals surface area contributed by atoms with Crippen LogP contribution in [0.3, 0.4) is 0 Å². The maximum absolute atomic E-state index is 6.24. The molecule has 0 bridgehead atoms. The van der Waals surface area contributed by atoms with Crippen molar-refractivity contribution >= 4 is 22.9 Å². The van der Waals surface area contributed by atoms with Crippen molar-refractivity contribution in [1.29, 1.82) is 0 Å². The highest BCUT2D eigenvalue weighted by atomic mass is 35.5. The summed E-state index contributed by atoms with van der Waals surface area (Å²) in [6.07, 6.45) is 4.74. The molecule has 0 amide bonds. The van der Waals surface area contributed by atoms with Gasteiger partial charge in [-0.25, -0.2) is 4.68 Å². The third kappa shape index (κ3) is 4.77. The lowest BCUT2D eigenvalue weighted by Gasteiger charge is -2.32. The molecule has 1 atom stereocenters. The normalized spacial score (nSPS) is 15.4. The third-order valence-electron chi connectivity index (χ3n) is 6.15. The summed E-state index contributed by atoms with van der Waals surface area (Å²) in [5, 5.41) is 16.0. The van der Waals surface area contributed by atoms with Gasteiger partial charge in [0.05, 0.1) is 12.1 Å². The van der Waals surface area contributed by atoms with Crippen molar-refractivity contribution in [3.05, 3.63) is 99.0 Å². The van der Waals surface area contributed by atoms with Gasteiger partial charge in [-0.3, -0.25) is 4.90 Å². The molecular weight excluding hydrogens is 438 g/mol. The number of halogens is 1. The lowest BCUT2D eigenvalue weighted by atomic mass is 10.0. The zero-order valence-corrected chi connectivity index (χ0v) is 19.4. The van der Waals surface area contributed by atoms with E-state index in [2.05, 4.69) is 85.1 Å². The number of aromatic nitrogens is 4. The van der Waals surface area contributed by atoms with Gasteiger partial charge in [0.1, 0.15) is 0 Å². The second-order valence-electron chi connectivity index (χ2n) is 8.34. The van der Waals surface area contributed by atoms with Gasteiger partial charge in [0.25, 0.3) is 0 Å². The fourth-order valence-corrected chi connectivity index (χ4v) is 5.47. The molecule has 2 aromatic carbocycles. The first-order valence-corrected chi connectivity index (χ1v) is 12.4. The van der Waals surface area contributed by atoms with E-state index in [9.17, 15) is 0 Å². The molecule has 2 heterocycles. The molecular formula is C25H26ClN5S. The molecule has 0 radical (unpaired) electrons. The number of benzene rings is 2. The number of thiophene rings is 1. The largest absolute Gasteiger partial charge is 0.280 e. The Morgan fingerprint density at radius 2 is 1.75 bits per heavy atom. The maximum atomic E-state index is 6.24. The van der Waals surface area contributed by atoms with E-state index in [1.54, 1.807) is 11.3 Å². The van der Waals surface area contributed by atoms with E-state index in [-0.39, 0.29) is 6.04 Å². The molecule has 5 rings (SSSR count). The van der Waals surface area contributed by atoms with Crippen molar-refractivity contribution in [3.8, 4) is 0 Å². The summed E-state index contributed by atoms with van der Waals surface area (Å²) in [6.45, 7) is 1.61. The van der Waals surface area contributed by atoms with E-state index in [1.807, 2.05) is 12.1 Å². The first-order valence-electron chi connectivity index (χ1n) is 11.1. The molecule has 5 nitrogen and oxygen atoms in total. The van der Waals surface area contributed by atoms with Crippen molar-refractivity contribution in [3.63, 3.8) is 0 Å². The lowest BCUT2D eigenvalue weighted by Crippen LogP contribution is -2.31. The third-order valence-corrected chi connectivity index (χ3v) is 7.26. The zero-order valence-electron chi connectivity index (χ0n) is 17.8. The van der Waals surface area contributed by atoms with Crippen molar-refractivity contribution in [2.24, 2.45) is 0 Å². The average Bonchev–Trinajstić information content (AvgIpc) is 3.59. The van der Waals surface area contributed by atoms with Crippen LogP contribution in [0.2, 0.25) is 5.02 Å². The summed E-state index contributed by atoms with van der Waals surface area (Å²) in [6, 6.07) is 23.3. The Balaban J connectivity index is 1.59. The molecule has 4 aromatic rings. The minimum Gasteiger partial charge on any atom is -0.280 e. The molecule has 1 saturated carbocycles. The van der Waals surface area contributed by atoms with E-state index in [0.717, 1.165) is 42.3 Å². The highest BCUT2D eigenvalue weighted by Gasteiger charge is 2.31. The summed E-state index contributed by atoms with van der Waals surface area (Å²) in [5.74, 6) is 0.909. The Morgan fingerprint density at radius 1 is 0.969 bits per heavy atom. The molecule has 0 N–H and O–H groups in total. The first-order chi connectivity index (χ1) is 15.8. The predicted octanol–water partition coefficient (Wildman–Crippen LogP) is 6.29. The fraction of sp³-hybridized carbons (Fsp3) is 0.320. The zero-order chi connectivity index (χ0) is 21.8. The van der Waals surface area contributed by atoms with Crippen LogP contribution in [-0.2, 0) is 13.1 Å². The van der Waals surface area contributed by atoms with Gasteiger partial charge in [-0.05, 0) is 58.0 Å². The minimum atomic E-state index is -0.0785. The van der Waals surface area contributed by atoms with Crippen molar-refractivity contribution in [2.45, 2.75) is 50.9 Å². The Kier molecular flexibility index (Phi) is 6.62. The Hall–Kier alpha value is -2.54. The van der Waals surface area contributed by atoms with Crippen LogP contribution in [0.1, 0.15) is 59.6 Å². The van der Waals surface area contributed by atoms with Crippen molar-refractivity contribution in [1.82, 2.24) is 25.1 Å². The van der Waals surface area contributed by atoms with Crippen molar-refractivity contribution in [2.75, 3.05) is 0 Å². The summed E-state index contributed by atoms with van der Waals surface area (Å²) < 4.78 is 2.08. The SMILES string of the molecule is Clc1ccc(C(c2nnnn2C2CCCC2)N(Cc2ccccc2)Cc2cccs2)cc1. The van der Waals surface area contributed by atoms with Gasteiger partial charge in [-0.1, -0.05) is 73.0 Å². The predicted molar refractivity (Wildman–Crippen MR) is 129 cm³/mol. The van der Waals surface area contributed by atoms with E-state index in [4.69, 9.17) is 11.6 Å². The van der Waals surface area contributed by atoms with Crippen LogP contribution in [0.5, 0.6) is 0 Å². The second kappa shape index (κ2) is 9.94. The molecule has 7 heteroatoms. The number of tetrazole rings is 1. The van der Waals surface area contributed by atoms with Gasteiger partial charge in [0, 0.05) is 23.0 Å². The number of hydrogen-bond donors (Lipinski definition) is 0. The molecule has 164 valence electrons. The molecule has 1 aliphatic rings. The number of hydrogen-bond acceptors (Lipinski definition) is 5. The maximum Gasteiger partial charge on any atom is 0.173 e. The Labute approximate surface area is 197 Å². The van der Waals surface area contributed by atoms with Crippen LogP contribution in [0.25, 0.3) is 0 Å². The monoisotopic (exact) mass is 463 g/mol. The van der Waals surface area contributed by atoms with Gasteiger partial charge in [0.2, 0.25) is 0 Å². The van der Waals surface area contributed by atoms with Crippen LogP contribution in [0, 0.1) is 0 Å². The summed E-state index contributed by atoms with van der Waals surface area (Å²) in [7, 11) is 0. The van der Waals surface area contributed by atoms with Gasteiger partial charge in [-0.15, -0.1) is 16.4 Å². The van der Waals surface area contributed by atoms with E-state index in [0.29, 0.717) is 6.04 Å². The van der Waals surface area contributed by atoms with Crippen LogP contribution in [0.4, 0.5) is 0 Å². The standard InChI is InChI=1S/C25H26ClN5S/c26-21-14-12-20(13-15-21)24(25-27-28-29-31(25)22-9-4-5-10-22)30(18-23-11-6-16-32-23)17-19-7-2-1-3-8-19/h1-3,6-8,11-16,22,24H,4-5,9-10,17-18H2. The second-order valence-corrected chi connectivity index (χ2v) is 9.81. The fourth-order valence-electron chi connectivity index (χ4n) is 4.62. The van der Waals surface area contributed by atoms with Crippen LogP contribution >= 0.6 is 22.9 Å². The molecule has 1 unspecified atom stereocenters.